The van der Waals surface area contributed by atoms with Gasteiger partial charge in [-0.1, -0.05) is 30.3 Å². The summed E-state index contributed by atoms with van der Waals surface area (Å²) in [5.41, 5.74) is 7.47. The van der Waals surface area contributed by atoms with Crippen molar-refractivity contribution in [1.29, 1.82) is 0 Å². The molecule has 0 aliphatic rings. The van der Waals surface area contributed by atoms with Gasteiger partial charge in [0.2, 0.25) is 11.8 Å². The number of aryl methyl sites for hydroxylation is 1. The summed E-state index contributed by atoms with van der Waals surface area (Å²) in [6.45, 7) is 5.24. The van der Waals surface area contributed by atoms with Crippen LogP contribution in [0.25, 0.3) is 10.9 Å². The fraction of sp³-hybridized carbons (Fsp3) is 0.400. The van der Waals surface area contributed by atoms with Crippen LogP contribution in [0.2, 0.25) is 0 Å². The molecule has 5 amide bonds. The Kier molecular flexibility index (Phi) is 11.3. The first kappa shape index (κ1) is 31.9. The number of H-pyrrole nitrogens is 1. The van der Waals surface area contributed by atoms with Gasteiger partial charge in [-0.25, -0.2) is 9.59 Å². The average Bonchev–Trinajstić information content (AvgIpc) is 3.34. The number of aliphatic hydroxyl groups excluding tert-OH is 1. The lowest BCUT2D eigenvalue weighted by molar-refractivity contribution is -0.128. The van der Waals surface area contributed by atoms with Crippen LogP contribution in [0.5, 0.6) is 0 Å². The number of aromatic nitrogens is 1. The monoisotopic (exact) mass is 580 g/mol. The number of carbonyl (C=O) groups is 4. The summed E-state index contributed by atoms with van der Waals surface area (Å²) in [6.07, 6.45) is 2.37. The number of ether oxygens (including phenoxy) is 1. The van der Waals surface area contributed by atoms with Gasteiger partial charge in [0, 0.05) is 29.3 Å². The molecule has 2 atom stereocenters. The molecule has 0 spiro atoms. The summed E-state index contributed by atoms with van der Waals surface area (Å²) >= 11 is 0. The zero-order valence-corrected chi connectivity index (χ0v) is 24.2. The van der Waals surface area contributed by atoms with E-state index in [0.717, 1.165) is 16.5 Å². The van der Waals surface area contributed by atoms with Gasteiger partial charge in [-0.05, 0) is 75.8 Å². The number of carbonyl (C=O) groups excluding carboxylic acids is 4. The normalized spacial score (nSPS) is 12.7. The van der Waals surface area contributed by atoms with Gasteiger partial charge < -0.3 is 41.8 Å². The quantitative estimate of drug-likeness (QED) is 0.152. The Morgan fingerprint density at radius 3 is 2.31 bits per heavy atom. The number of hydrogen-bond donors (Lipinski definition) is 7. The number of urea groups is 1. The Labute approximate surface area is 244 Å². The molecular weight excluding hydrogens is 540 g/mol. The molecule has 12 heteroatoms. The van der Waals surface area contributed by atoms with E-state index in [0.29, 0.717) is 24.1 Å². The average molecular weight is 581 g/mol. The lowest BCUT2D eigenvalue weighted by atomic mass is 10.0. The van der Waals surface area contributed by atoms with E-state index >= 15 is 0 Å². The lowest BCUT2D eigenvalue weighted by Crippen LogP contribution is -2.53. The topological polar surface area (TPSA) is 188 Å². The first-order valence-corrected chi connectivity index (χ1v) is 13.8. The van der Waals surface area contributed by atoms with Crippen molar-refractivity contribution in [2.75, 3.05) is 11.9 Å². The molecule has 1 heterocycles. The number of rotatable bonds is 13. The molecule has 0 fully saturated rings. The molecule has 12 nitrogen and oxygen atoms in total. The Hall–Kier alpha value is -4.58. The minimum atomic E-state index is -1.00. The largest absolute Gasteiger partial charge is 0.444 e. The Morgan fingerprint density at radius 1 is 0.952 bits per heavy atom. The number of primary amides is 1. The molecule has 3 rings (SSSR count). The summed E-state index contributed by atoms with van der Waals surface area (Å²) in [4.78, 5) is 53.8. The summed E-state index contributed by atoms with van der Waals surface area (Å²) in [7, 11) is 0. The molecule has 8 N–H and O–H groups in total. The molecule has 0 aliphatic heterocycles. The molecule has 0 saturated heterocycles. The van der Waals surface area contributed by atoms with Gasteiger partial charge >= 0.3 is 12.1 Å². The number of aliphatic hydroxyl groups is 1. The molecule has 3 aromatic rings. The molecule has 42 heavy (non-hydrogen) atoms. The second kappa shape index (κ2) is 14.9. The van der Waals surface area contributed by atoms with Crippen molar-refractivity contribution in [2.45, 2.75) is 70.7 Å². The number of aromatic amines is 1. The van der Waals surface area contributed by atoms with E-state index in [1.165, 1.54) is 0 Å². The molecule has 0 saturated carbocycles. The second-order valence-electron chi connectivity index (χ2n) is 10.9. The van der Waals surface area contributed by atoms with Crippen molar-refractivity contribution in [1.82, 2.24) is 20.9 Å². The summed E-state index contributed by atoms with van der Waals surface area (Å²) in [5.74, 6) is -1.04. The van der Waals surface area contributed by atoms with Crippen LogP contribution in [0.4, 0.5) is 15.3 Å². The first-order chi connectivity index (χ1) is 19.9. The van der Waals surface area contributed by atoms with Crippen LogP contribution in [0.15, 0.2) is 54.7 Å². The van der Waals surface area contributed by atoms with Crippen LogP contribution < -0.4 is 27.0 Å². The van der Waals surface area contributed by atoms with Crippen molar-refractivity contribution >= 4 is 40.5 Å². The fourth-order valence-corrected chi connectivity index (χ4v) is 4.34. The van der Waals surface area contributed by atoms with Gasteiger partial charge in [-0.3, -0.25) is 9.59 Å². The molecule has 0 radical (unpaired) electrons. The summed E-state index contributed by atoms with van der Waals surface area (Å²) in [5, 5.41) is 21.0. The van der Waals surface area contributed by atoms with Crippen molar-refractivity contribution in [2.24, 2.45) is 5.73 Å². The minimum absolute atomic E-state index is 0.135. The van der Waals surface area contributed by atoms with E-state index in [4.69, 9.17) is 10.5 Å². The number of nitrogens with one attached hydrogen (secondary N) is 5. The molecular formula is C30H40N6O6. The predicted molar refractivity (Wildman–Crippen MR) is 160 cm³/mol. The number of alkyl carbamates (subject to hydrolysis) is 1. The molecule has 0 aliphatic carbocycles. The van der Waals surface area contributed by atoms with Crippen LogP contribution in [0, 0.1) is 0 Å². The zero-order valence-electron chi connectivity index (χ0n) is 24.2. The minimum Gasteiger partial charge on any atom is -0.444 e. The number of nitrogens with two attached hydrogens (primary N) is 1. The Balaban J connectivity index is 1.76. The molecule has 0 unspecified atom stereocenters. The summed E-state index contributed by atoms with van der Waals surface area (Å²) < 4.78 is 5.39. The molecule has 1 aromatic heterocycles. The number of fused-ring (bicyclic) bond motifs is 1. The van der Waals surface area contributed by atoms with Gasteiger partial charge in [0.05, 0.1) is 6.61 Å². The first-order valence-electron chi connectivity index (χ1n) is 13.8. The summed E-state index contributed by atoms with van der Waals surface area (Å²) in [6, 6.07) is 11.7. The molecule has 226 valence electrons. The van der Waals surface area contributed by atoms with Crippen LogP contribution in [-0.2, 0) is 27.4 Å². The highest BCUT2D eigenvalue weighted by Gasteiger charge is 2.28. The van der Waals surface area contributed by atoms with E-state index in [-0.39, 0.29) is 26.0 Å². The number of benzene rings is 2. The fourth-order valence-electron chi connectivity index (χ4n) is 4.34. The van der Waals surface area contributed by atoms with Gasteiger partial charge in [-0.2, -0.15) is 0 Å². The molecule has 2 aromatic carbocycles. The van der Waals surface area contributed by atoms with Crippen LogP contribution in [0.1, 0.15) is 51.2 Å². The van der Waals surface area contributed by atoms with E-state index in [1.54, 1.807) is 45.0 Å². The van der Waals surface area contributed by atoms with Crippen LogP contribution >= 0.6 is 0 Å². The van der Waals surface area contributed by atoms with Crippen molar-refractivity contribution < 1.29 is 29.0 Å². The Morgan fingerprint density at radius 2 is 1.64 bits per heavy atom. The predicted octanol–water partition coefficient (Wildman–Crippen LogP) is 3.06. The van der Waals surface area contributed by atoms with Crippen molar-refractivity contribution in [3.63, 3.8) is 0 Å². The van der Waals surface area contributed by atoms with E-state index in [9.17, 15) is 24.3 Å². The number of anilines is 1. The zero-order chi connectivity index (χ0) is 30.7. The van der Waals surface area contributed by atoms with Crippen LogP contribution in [0.3, 0.4) is 0 Å². The van der Waals surface area contributed by atoms with Crippen LogP contribution in [-0.4, -0.2) is 58.3 Å². The van der Waals surface area contributed by atoms with Gasteiger partial charge in [0.25, 0.3) is 0 Å². The van der Waals surface area contributed by atoms with Crippen molar-refractivity contribution in [3.8, 4) is 0 Å². The van der Waals surface area contributed by atoms with E-state index in [2.05, 4.69) is 26.3 Å². The maximum atomic E-state index is 13.6. The standard InChI is InChI=1S/C30H40N6O6/c1-30(2,3)42-29(41)36-25(15-12-20-17-33-23-8-5-4-7-22(20)23)27(39)35-24(9-6-16-32-28(31)40)26(38)34-21-13-10-19(18-37)11-14-21/h4-5,7-8,10-11,13-14,17,24-25,33,37H,6,9,12,15-16,18H2,1-3H3,(H,34,38)(H,35,39)(H,36,41)(H3,31,32,40)/t24-,25-/m0/s1. The third-order valence-electron chi connectivity index (χ3n) is 6.39. The maximum Gasteiger partial charge on any atom is 0.408 e. The lowest BCUT2D eigenvalue weighted by Gasteiger charge is -2.25. The third kappa shape index (κ3) is 10.1. The number of hydrogen-bond acceptors (Lipinski definition) is 6. The van der Waals surface area contributed by atoms with Gasteiger partial charge in [-0.15, -0.1) is 0 Å². The van der Waals surface area contributed by atoms with Crippen molar-refractivity contribution in [3.05, 3.63) is 65.9 Å². The smallest absolute Gasteiger partial charge is 0.408 e. The number of para-hydroxylation sites is 1. The van der Waals surface area contributed by atoms with E-state index < -0.39 is 41.6 Å². The SMILES string of the molecule is CC(C)(C)OC(=O)N[C@@H](CCc1c[nH]c2ccccc12)C(=O)N[C@@H](CCCNC(N)=O)C(=O)Nc1ccc(CO)cc1. The maximum absolute atomic E-state index is 13.6. The number of amides is 5. The van der Waals surface area contributed by atoms with E-state index in [1.807, 2.05) is 30.5 Å². The Bertz CT molecular complexity index is 1360. The highest BCUT2D eigenvalue weighted by Crippen LogP contribution is 2.20. The second-order valence-corrected chi connectivity index (χ2v) is 10.9. The molecule has 0 bridgehead atoms. The van der Waals surface area contributed by atoms with Gasteiger partial charge in [0.1, 0.15) is 17.7 Å². The third-order valence-corrected chi connectivity index (χ3v) is 6.39. The highest BCUT2D eigenvalue weighted by molar-refractivity contribution is 5.98. The highest BCUT2D eigenvalue weighted by atomic mass is 16.6. The van der Waals surface area contributed by atoms with Gasteiger partial charge in [0.15, 0.2) is 0 Å².